The van der Waals surface area contributed by atoms with Gasteiger partial charge in [0, 0.05) is 41.8 Å². The van der Waals surface area contributed by atoms with Crippen LogP contribution in [-0.2, 0) is 0 Å². The number of hydrogen-bond acceptors (Lipinski definition) is 4. The molecule has 2 aromatic carbocycles. The Balaban J connectivity index is 1.19. The lowest BCUT2D eigenvalue weighted by molar-refractivity contribution is 0.359. The molecule has 0 bridgehead atoms. The van der Waals surface area contributed by atoms with Crippen LogP contribution in [0.3, 0.4) is 0 Å². The maximum absolute atomic E-state index is 5.17. The average molecular weight is 516 g/mol. The number of nitrogens with zero attached hydrogens (tertiary/aromatic N) is 7. The zero-order chi connectivity index (χ0) is 25.8. The van der Waals surface area contributed by atoms with Crippen LogP contribution in [0.15, 0.2) is 67.6 Å². The Morgan fingerprint density at radius 3 is 1.87 bits per heavy atom. The van der Waals surface area contributed by atoms with Crippen molar-refractivity contribution in [2.45, 2.75) is 76.3 Å². The Labute approximate surface area is 227 Å². The normalized spacial score (nSPS) is 17.5. The highest BCUT2D eigenvalue weighted by atomic mass is 15.1. The standard InChI is InChI=1S/C32H33N7/c1-3-7-24(8-4-1)38-20-34-26-17-22(11-13-29(26)38)28-19-37-16-15-33-32(37)31(36-28)23-12-14-30-27(18-23)35-21-39(30)25-9-5-2-6-10-25/h11-21,24-25H,1-10H2. The van der Waals surface area contributed by atoms with E-state index in [4.69, 9.17) is 15.0 Å². The predicted octanol–water partition coefficient (Wildman–Crippen LogP) is 7.77. The third-order valence-corrected chi connectivity index (χ3v) is 9.03. The Bertz CT molecular complexity index is 1790. The number of benzene rings is 2. The van der Waals surface area contributed by atoms with Crippen molar-refractivity contribution in [1.29, 1.82) is 0 Å². The molecule has 39 heavy (non-hydrogen) atoms. The molecule has 0 N–H and O–H groups in total. The second-order valence-corrected chi connectivity index (χ2v) is 11.4. The van der Waals surface area contributed by atoms with E-state index in [1.807, 2.05) is 25.0 Å². The quantitative estimate of drug-likeness (QED) is 0.240. The molecule has 2 aliphatic carbocycles. The van der Waals surface area contributed by atoms with Crippen molar-refractivity contribution in [2.75, 3.05) is 0 Å². The molecule has 0 amide bonds. The topological polar surface area (TPSA) is 65.8 Å². The summed E-state index contributed by atoms with van der Waals surface area (Å²) < 4.78 is 6.85. The van der Waals surface area contributed by atoms with E-state index in [1.165, 1.54) is 75.2 Å². The average Bonchev–Trinajstić information content (AvgIpc) is 3.75. The van der Waals surface area contributed by atoms with E-state index in [0.29, 0.717) is 12.1 Å². The molecule has 196 valence electrons. The summed E-state index contributed by atoms with van der Waals surface area (Å²) in [5.74, 6) is 0. The summed E-state index contributed by atoms with van der Waals surface area (Å²) in [6.07, 6.45) is 22.9. The van der Waals surface area contributed by atoms with Crippen LogP contribution in [0.2, 0.25) is 0 Å². The van der Waals surface area contributed by atoms with Gasteiger partial charge in [-0.1, -0.05) is 50.7 Å². The van der Waals surface area contributed by atoms with E-state index in [9.17, 15) is 0 Å². The van der Waals surface area contributed by atoms with Gasteiger partial charge < -0.3 is 13.5 Å². The van der Waals surface area contributed by atoms with Crippen LogP contribution in [0.25, 0.3) is 50.2 Å². The van der Waals surface area contributed by atoms with Gasteiger partial charge in [0.2, 0.25) is 0 Å². The van der Waals surface area contributed by atoms with Crippen LogP contribution in [0.5, 0.6) is 0 Å². The molecule has 2 saturated carbocycles. The van der Waals surface area contributed by atoms with E-state index < -0.39 is 0 Å². The lowest BCUT2D eigenvalue weighted by Gasteiger charge is -2.23. The van der Waals surface area contributed by atoms with Gasteiger partial charge in [-0.2, -0.15) is 0 Å². The number of imidazole rings is 3. The molecule has 0 spiro atoms. The van der Waals surface area contributed by atoms with Crippen molar-refractivity contribution < 1.29 is 0 Å². The van der Waals surface area contributed by atoms with Crippen LogP contribution in [-0.4, -0.2) is 33.5 Å². The van der Waals surface area contributed by atoms with Gasteiger partial charge in [-0.15, -0.1) is 0 Å². The van der Waals surface area contributed by atoms with Crippen LogP contribution in [0.4, 0.5) is 0 Å². The summed E-state index contributed by atoms with van der Waals surface area (Å²) in [4.78, 5) is 19.4. The highest BCUT2D eigenvalue weighted by molar-refractivity contribution is 5.86. The monoisotopic (exact) mass is 515 g/mol. The first-order chi connectivity index (χ1) is 19.3. The summed E-state index contributed by atoms with van der Waals surface area (Å²) in [5.41, 5.74) is 9.22. The number of fused-ring (bicyclic) bond motifs is 3. The van der Waals surface area contributed by atoms with Gasteiger partial charge in [-0.25, -0.2) is 19.9 Å². The fourth-order valence-electron chi connectivity index (χ4n) is 6.93. The van der Waals surface area contributed by atoms with Crippen LogP contribution in [0, 0.1) is 0 Å². The maximum atomic E-state index is 5.17. The summed E-state index contributed by atoms with van der Waals surface area (Å²) in [7, 11) is 0. The minimum absolute atomic E-state index is 0.562. The minimum atomic E-state index is 0.562. The van der Waals surface area contributed by atoms with Crippen molar-refractivity contribution in [1.82, 2.24) is 33.5 Å². The van der Waals surface area contributed by atoms with Gasteiger partial charge in [0.25, 0.3) is 0 Å². The van der Waals surface area contributed by atoms with Crippen molar-refractivity contribution in [3.8, 4) is 22.5 Å². The molecule has 0 aliphatic heterocycles. The van der Waals surface area contributed by atoms with Gasteiger partial charge in [-0.05, 0) is 49.9 Å². The minimum Gasteiger partial charge on any atom is -0.327 e. The van der Waals surface area contributed by atoms with E-state index in [-0.39, 0.29) is 0 Å². The Morgan fingerprint density at radius 2 is 1.23 bits per heavy atom. The number of aromatic nitrogens is 7. The van der Waals surface area contributed by atoms with Crippen LogP contribution >= 0.6 is 0 Å². The van der Waals surface area contributed by atoms with Crippen molar-refractivity contribution >= 4 is 27.7 Å². The lowest BCUT2D eigenvalue weighted by Crippen LogP contribution is -2.11. The molecule has 2 aliphatic rings. The van der Waals surface area contributed by atoms with Gasteiger partial charge >= 0.3 is 0 Å². The molecular formula is C32H33N7. The second-order valence-electron chi connectivity index (χ2n) is 11.4. The molecule has 8 rings (SSSR count). The fraction of sp³-hybridized carbons (Fsp3) is 0.375. The van der Waals surface area contributed by atoms with E-state index >= 15 is 0 Å². The van der Waals surface area contributed by atoms with Crippen molar-refractivity contribution in [3.05, 3.63) is 67.6 Å². The lowest BCUT2D eigenvalue weighted by atomic mass is 9.95. The molecule has 0 saturated heterocycles. The zero-order valence-corrected chi connectivity index (χ0v) is 22.2. The predicted molar refractivity (Wildman–Crippen MR) is 155 cm³/mol. The summed E-state index contributed by atoms with van der Waals surface area (Å²) in [6.45, 7) is 0. The molecule has 6 aromatic rings. The zero-order valence-electron chi connectivity index (χ0n) is 22.2. The van der Waals surface area contributed by atoms with E-state index in [2.05, 4.69) is 61.1 Å². The molecular weight excluding hydrogens is 482 g/mol. The Hall–Kier alpha value is -4.00. The van der Waals surface area contributed by atoms with E-state index in [1.54, 1.807) is 0 Å². The third-order valence-electron chi connectivity index (χ3n) is 9.03. The number of rotatable bonds is 4. The highest BCUT2D eigenvalue weighted by Crippen LogP contribution is 2.35. The van der Waals surface area contributed by atoms with Crippen molar-refractivity contribution in [3.63, 3.8) is 0 Å². The summed E-state index contributed by atoms with van der Waals surface area (Å²) in [5, 5.41) is 0. The Morgan fingerprint density at radius 1 is 0.641 bits per heavy atom. The highest BCUT2D eigenvalue weighted by Gasteiger charge is 2.20. The molecule has 4 heterocycles. The second kappa shape index (κ2) is 9.33. The summed E-state index contributed by atoms with van der Waals surface area (Å²) in [6, 6.07) is 14.3. The van der Waals surface area contributed by atoms with Crippen LogP contribution < -0.4 is 0 Å². The molecule has 7 heteroatoms. The van der Waals surface area contributed by atoms with E-state index in [0.717, 1.165) is 39.2 Å². The Kier molecular flexibility index (Phi) is 5.49. The number of hydrogen-bond donors (Lipinski definition) is 0. The SMILES string of the molecule is c1cn2cc(-c3ccc4c(c3)ncn4C3CCCCC3)nc(-c3ccc4c(c3)ncn4C3CCCCC3)c2n1. The largest absolute Gasteiger partial charge is 0.327 e. The molecule has 0 radical (unpaired) electrons. The van der Waals surface area contributed by atoms with Crippen LogP contribution in [0.1, 0.15) is 76.3 Å². The molecule has 4 aromatic heterocycles. The fourth-order valence-corrected chi connectivity index (χ4v) is 6.93. The first kappa shape index (κ1) is 22.9. The molecule has 7 nitrogen and oxygen atoms in total. The van der Waals surface area contributed by atoms with Crippen molar-refractivity contribution in [2.24, 2.45) is 0 Å². The van der Waals surface area contributed by atoms with Gasteiger partial charge in [0.05, 0.1) is 40.4 Å². The first-order valence-corrected chi connectivity index (χ1v) is 14.6. The van der Waals surface area contributed by atoms with Gasteiger partial charge in [0.15, 0.2) is 5.65 Å². The van der Waals surface area contributed by atoms with Gasteiger partial charge in [-0.3, -0.25) is 0 Å². The maximum Gasteiger partial charge on any atom is 0.163 e. The molecule has 2 fully saturated rings. The van der Waals surface area contributed by atoms with Gasteiger partial charge in [0.1, 0.15) is 5.69 Å². The smallest absolute Gasteiger partial charge is 0.163 e. The molecule has 0 atom stereocenters. The first-order valence-electron chi connectivity index (χ1n) is 14.6. The molecule has 0 unspecified atom stereocenters. The third kappa shape index (κ3) is 3.94. The summed E-state index contributed by atoms with van der Waals surface area (Å²) >= 11 is 0.